The summed E-state index contributed by atoms with van der Waals surface area (Å²) in [6.07, 6.45) is 3.80. The SMILES string of the molecule is CC(C)C1NC(=S)N(c2ccc(OC(=O)N3CCN(CCc4nccs4)CC3)cn2)C1=O. The van der Waals surface area contributed by atoms with Crippen LogP contribution in [0.25, 0.3) is 0 Å². The summed E-state index contributed by atoms with van der Waals surface area (Å²) in [5.74, 6) is 0.716. The van der Waals surface area contributed by atoms with Crippen molar-refractivity contribution in [2.75, 3.05) is 37.6 Å². The fourth-order valence-corrected chi connectivity index (χ4v) is 4.60. The fourth-order valence-electron chi connectivity index (χ4n) is 3.68. The van der Waals surface area contributed by atoms with Crippen molar-refractivity contribution in [3.8, 4) is 5.75 Å². The third-order valence-electron chi connectivity index (χ3n) is 5.55. The predicted octanol–water partition coefficient (Wildman–Crippen LogP) is 2.14. The van der Waals surface area contributed by atoms with Gasteiger partial charge in [0.05, 0.1) is 11.2 Å². The van der Waals surface area contributed by atoms with Crippen LogP contribution in [0, 0.1) is 5.92 Å². The first-order valence-corrected chi connectivity index (χ1v) is 11.9. The predicted molar refractivity (Wildman–Crippen MR) is 126 cm³/mol. The summed E-state index contributed by atoms with van der Waals surface area (Å²) in [5.41, 5.74) is 0. The molecule has 1 N–H and O–H groups in total. The van der Waals surface area contributed by atoms with E-state index in [9.17, 15) is 9.59 Å². The summed E-state index contributed by atoms with van der Waals surface area (Å²) in [6, 6.07) is 2.90. The summed E-state index contributed by atoms with van der Waals surface area (Å²) in [5, 5.41) is 6.48. The molecule has 170 valence electrons. The monoisotopic (exact) mass is 474 g/mol. The van der Waals surface area contributed by atoms with Crippen LogP contribution in [0.4, 0.5) is 10.6 Å². The van der Waals surface area contributed by atoms with E-state index in [0.717, 1.165) is 31.1 Å². The Morgan fingerprint density at radius 1 is 1.28 bits per heavy atom. The molecule has 2 saturated heterocycles. The standard InChI is InChI=1S/C21H26N6O3S2/c1-14(2)18-19(28)27(20(31)24-18)16-4-3-15(13-23-16)30-21(29)26-10-8-25(9-11-26)7-5-17-22-6-12-32-17/h3-4,6,12-14,18H,5,7-11H2,1-2H3,(H,24,31). The van der Waals surface area contributed by atoms with E-state index in [-0.39, 0.29) is 17.9 Å². The number of aromatic nitrogens is 2. The van der Waals surface area contributed by atoms with Crippen LogP contribution in [-0.2, 0) is 11.2 Å². The van der Waals surface area contributed by atoms with Crippen molar-refractivity contribution >= 4 is 46.5 Å². The summed E-state index contributed by atoms with van der Waals surface area (Å²) < 4.78 is 5.48. The average molecular weight is 475 g/mol. The molecular weight excluding hydrogens is 448 g/mol. The second-order valence-corrected chi connectivity index (χ2v) is 9.44. The van der Waals surface area contributed by atoms with Crippen LogP contribution in [0.2, 0.25) is 0 Å². The first-order chi connectivity index (χ1) is 15.4. The molecule has 0 spiro atoms. The number of rotatable bonds is 6. The van der Waals surface area contributed by atoms with Crippen molar-refractivity contribution in [3.63, 3.8) is 0 Å². The Hall–Kier alpha value is -2.63. The number of ether oxygens (including phenoxy) is 1. The van der Waals surface area contributed by atoms with Gasteiger partial charge in [-0.05, 0) is 30.3 Å². The van der Waals surface area contributed by atoms with Crippen LogP contribution in [0.1, 0.15) is 18.9 Å². The lowest BCUT2D eigenvalue weighted by Crippen LogP contribution is -2.49. The third kappa shape index (κ3) is 5.05. The molecule has 2 aromatic rings. The number of anilines is 1. The van der Waals surface area contributed by atoms with Crippen molar-refractivity contribution in [3.05, 3.63) is 34.9 Å². The van der Waals surface area contributed by atoms with E-state index in [4.69, 9.17) is 17.0 Å². The smallest absolute Gasteiger partial charge is 0.409 e. The molecule has 1 unspecified atom stereocenters. The maximum absolute atomic E-state index is 12.6. The molecule has 2 aromatic heterocycles. The second-order valence-electron chi connectivity index (χ2n) is 8.07. The lowest BCUT2D eigenvalue weighted by molar-refractivity contribution is -0.119. The van der Waals surface area contributed by atoms with Crippen molar-refractivity contribution in [2.45, 2.75) is 26.3 Å². The lowest BCUT2D eigenvalue weighted by Gasteiger charge is -2.33. The normalized spacial score (nSPS) is 19.5. The fraction of sp³-hybridized carbons (Fsp3) is 0.476. The summed E-state index contributed by atoms with van der Waals surface area (Å²) in [7, 11) is 0. The van der Waals surface area contributed by atoms with Gasteiger partial charge in [-0.15, -0.1) is 11.3 Å². The van der Waals surface area contributed by atoms with Gasteiger partial charge in [-0.1, -0.05) is 13.8 Å². The Labute approximate surface area is 196 Å². The molecule has 0 radical (unpaired) electrons. The zero-order chi connectivity index (χ0) is 22.7. The number of nitrogens with zero attached hydrogens (tertiary/aromatic N) is 5. The number of nitrogens with one attached hydrogen (secondary N) is 1. The highest BCUT2D eigenvalue weighted by Crippen LogP contribution is 2.23. The summed E-state index contributed by atoms with van der Waals surface area (Å²) in [4.78, 5) is 39.1. The Bertz CT molecular complexity index is 958. The number of carbonyl (C=O) groups excluding carboxylic acids is 2. The van der Waals surface area contributed by atoms with Gasteiger partial charge in [0.15, 0.2) is 10.9 Å². The number of hydrogen-bond acceptors (Lipinski definition) is 8. The van der Waals surface area contributed by atoms with Crippen molar-refractivity contribution in [2.24, 2.45) is 5.92 Å². The third-order valence-corrected chi connectivity index (χ3v) is 6.69. The number of pyridine rings is 1. The zero-order valence-electron chi connectivity index (χ0n) is 18.1. The topological polar surface area (TPSA) is 90.9 Å². The Morgan fingerprint density at radius 3 is 2.66 bits per heavy atom. The summed E-state index contributed by atoms with van der Waals surface area (Å²) >= 11 is 6.96. The first-order valence-electron chi connectivity index (χ1n) is 10.6. The minimum atomic E-state index is -0.395. The van der Waals surface area contributed by atoms with Gasteiger partial charge in [0.25, 0.3) is 5.91 Å². The molecular formula is C21H26N6O3S2. The lowest BCUT2D eigenvalue weighted by atomic mass is 10.1. The van der Waals surface area contributed by atoms with E-state index >= 15 is 0 Å². The van der Waals surface area contributed by atoms with Crippen LogP contribution in [0.15, 0.2) is 29.9 Å². The Balaban J connectivity index is 1.27. The van der Waals surface area contributed by atoms with Gasteiger partial charge in [0.2, 0.25) is 0 Å². The van der Waals surface area contributed by atoms with Crippen molar-refractivity contribution in [1.29, 1.82) is 0 Å². The van der Waals surface area contributed by atoms with Gasteiger partial charge >= 0.3 is 6.09 Å². The highest BCUT2D eigenvalue weighted by molar-refractivity contribution is 7.80. The molecule has 0 bridgehead atoms. The van der Waals surface area contributed by atoms with Crippen LogP contribution in [0.5, 0.6) is 5.75 Å². The molecule has 2 aliphatic heterocycles. The van der Waals surface area contributed by atoms with Gasteiger partial charge in [-0.25, -0.2) is 19.7 Å². The molecule has 9 nitrogen and oxygen atoms in total. The maximum Gasteiger partial charge on any atom is 0.415 e. The van der Waals surface area contributed by atoms with Gasteiger partial charge in [-0.2, -0.15) is 0 Å². The summed E-state index contributed by atoms with van der Waals surface area (Å²) in [6.45, 7) is 7.68. The van der Waals surface area contributed by atoms with Gasteiger partial charge in [-0.3, -0.25) is 9.69 Å². The number of hydrogen-bond donors (Lipinski definition) is 1. The molecule has 0 aromatic carbocycles. The largest absolute Gasteiger partial charge is 0.415 e. The van der Waals surface area contributed by atoms with E-state index in [1.54, 1.807) is 28.4 Å². The highest BCUT2D eigenvalue weighted by Gasteiger charge is 2.38. The van der Waals surface area contributed by atoms with Gasteiger partial charge in [0, 0.05) is 50.7 Å². The number of amides is 2. The van der Waals surface area contributed by atoms with Crippen molar-refractivity contribution in [1.82, 2.24) is 25.1 Å². The van der Waals surface area contributed by atoms with Crippen LogP contribution in [0.3, 0.4) is 0 Å². The molecule has 2 aliphatic rings. The van der Waals surface area contributed by atoms with Crippen LogP contribution >= 0.6 is 23.6 Å². The number of piperazine rings is 1. The maximum atomic E-state index is 12.6. The van der Waals surface area contributed by atoms with Gasteiger partial charge < -0.3 is 15.0 Å². The van der Waals surface area contributed by atoms with Crippen LogP contribution in [-0.4, -0.2) is 75.6 Å². The minimum absolute atomic E-state index is 0.110. The zero-order valence-corrected chi connectivity index (χ0v) is 19.7. The van der Waals surface area contributed by atoms with Gasteiger partial charge in [0.1, 0.15) is 11.9 Å². The molecule has 1 atom stereocenters. The van der Waals surface area contributed by atoms with E-state index in [2.05, 4.69) is 20.2 Å². The molecule has 2 amide bonds. The van der Waals surface area contributed by atoms with E-state index in [1.807, 2.05) is 25.4 Å². The molecule has 4 rings (SSSR count). The molecule has 32 heavy (non-hydrogen) atoms. The number of carbonyl (C=O) groups is 2. The van der Waals surface area contributed by atoms with E-state index in [0.29, 0.717) is 29.8 Å². The number of thiazole rings is 1. The molecule has 0 saturated carbocycles. The Morgan fingerprint density at radius 2 is 2.06 bits per heavy atom. The van der Waals surface area contributed by atoms with E-state index in [1.165, 1.54) is 11.1 Å². The van der Waals surface area contributed by atoms with E-state index < -0.39 is 6.09 Å². The first kappa shape index (κ1) is 22.6. The second kappa shape index (κ2) is 9.88. The molecule has 0 aliphatic carbocycles. The minimum Gasteiger partial charge on any atom is -0.409 e. The van der Waals surface area contributed by atoms with Crippen molar-refractivity contribution < 1.29 is 14.3 Å². The highest BCUT2D eigenvalue weighted by atomic mass is 32.1. The quantitative estimate of drug-likeness (QED) is 0.637. The van der Waals surface area contributed by atoms with Crippen LogP contribution < -0.4 is 15.0 Å². The Kier molecular flexibility index (Phi) is 6.97. The molecule has 4 heterocycles. The average Bonchev–Trinajstić information content (AvgIpc) is 3.41. The molecule has 2 fully saturated rings. The molecule has 11 heteroatoms. The number of thiocarbonyl (C=S) groups is 1.